The van der Waals surface area contributed by atoms with Crippen molar-refractivity contribution in [3.05, 3.63) is 64.2 Å². The zero-order chi connectivity index (χ0) is 26.7. The van der Waals surface area contributed by atoms with Gasteiger partial charge < -0.3 is 0 Å². The van der Waals surface area contributed by atoms with E-state index >= 15 is 0 Å². The second-order valence-corrected chi connectivity index (χ2v) is 11.4. The largest absolute Gasteiger partial charge is 0.437 e. The minimum atomic E-state index is -4.91. The lowest BCUT2D eigenvalue weighted by Gasteiger charge is -2.21. The zero-order valence-electron chi connectivity index (χ0n) is 21.7. The van der Waals surface area contributed by atoms with Crippen LogP contribution in [0.3, 0.4) is 0 Å². The molecule has 1 atom stereocenters. The minimum absolute atomic E-state index is 0.107. The molecular weight excluding hydrogens is 475 g/mol. The summed E-state index contributed by atoms with van der Waals surface area (Å²) in [6.45, 7) is 15.3. The molecule has 0 aliphatic rings. The number of halogens is 3. The third-order valence-electron chi connectivity index (χ3n) is 6.19. The van der Waals surface area contributed by atoms with Gasteiger partial charge >= 0.3 is 16.3 Å². The Balaban J connectivity index is 2.63. The molecule has 0 aliphatic carbocycles. The molecule has 0 saturated carbocycles. The van der Waals surface area contributed by atoms with Crippen molar-refractivity contribution in [2.75, 3.05) is 0 Å². The summed E-state index contributed by atoms with van der Waals surface area (Å²) in [5, 5.41) is 3.17. The predicted molar refractivity (Wildman–Crippen MR) is 135 cm³/mol. The van der Waals surface area contributed by atoms with Crippen molar-refractivity contribution < 1.29 is 25.9 Å². The molecule has 2 aromatic rings. The van der Waals surface area contributed by atoms with Crippen LogP contribution in [0.4, 0.5) is 13.2 Å². The molecule has 35 heavy (non-hydrogen) atoms. The standard InChI is InChI=1S/C27H36F3NO3S/c1-9-19(8)20-10-12-21(13-11-20)26(27(28,29)30)31-34-35(32,33)25-23(17(4)5)14-22(16(2)3)15-24(25)18(6)7/h10-19H,9H2,1-8H3/b31-26+. The summed E-state index contributed by atoms with van der Waals surface area (Å²) >= 11 is 0. The third-order valence-corrected chi connectivity index (χ3v) is 7.43. The van der Waals surface area contributed by atoms with Gasteiger partial charge in [-0.15, -0.1) is 0 Å². The average molecular weight is 512 g/mol. The summed E-state index contributed by atoms with van der Waals surface area (Å²) in [4.78, 5) is -0.107. The molecule has 194 valence electrons. The summed E-state index contributed by atoms with van der Waals surface area (Å²) in [7, 11) is -4.63. The number of nitrogens with zero attached hydrogens (tertiary/aromatic N) is 1. The van der Waals surface area contributed by atoms with Crippen LogP contribution < -0.4 is 0 Å². The molecule has 0 aromatic heterocycles. The van der Waals surface area contributed by atoms with E-state index in [1.54, 1.807) is 24.3 Å². The first kappa shape index (κ1) is 28.9. The molecular formula is C27H36F3NO3S. The van der Waals surface area contributed by atoms with Crippen LogP contribution in [0.15, 0.2) is 46.4 Å². The highest BCUT2D eigenvalue weighted by molar-refractivity contribution is 7.86. The topological polar surface area (TPSA) is 55.7 Å². The highest BCUT2D eigenvalue weighted by Gasteiger charge is 2.39. The summed E-state index contributed by atoms with van der Waals surface area (Å²) in [6, 6.07) is 9.36. The molecule has 0 amide bonds. The summed E-state index contributed by atoms with van der Waals surface area (Å²) in [5.74, 6) is -0.0573. The lowest BCUT2D eigenvalue weighted by molar-refractivity contribution is -0.0597. The lowest BCUT2D eigenvalue weighted by Crippen LogP contribution is -2.25. The molecule has 2 aromatic carbocycles. The molecule has 0 heterocycles. The number of benzene rings is 2. The lowest BCUT2D eigenvalue weighted by atomic mass is 9.89. The minimum Gasteiger partial charge on any atom is -0.264 e. The fourth-order valence-corrected chi connectivity index (χ4v) is 5.19. The van der Waals surface area contributed by atoms with Gasteiger partial charge in [-0.3, -0.25) is 4.28 Å². The van der Waals surface area contributed by atoms with Crippen LogP contribution in [0.25, 0.3) is 0 Å². The van der Waals surface area contributed by atoms with E-state index in [9.17, 15) is 21.6 Å². The fraction of sp³-hybridized carbons (Fsp3) is 0.519. The van der Waals surface area contributed by atoms with Crippen LogP contribution in [-0.2, 0) is 14.4 Å². The van der Waals surface area contributed by atoms with Crippen LogP contribution in [0.1, 0.15) is 113 Å². The molecule has 4 nitrogen and oxygen atoms in total. The number of alkyl halides is 3. The van der Waals surface area contributed by atoms with Gasteiger partial charge in [0, 0.05) is 5.56 Å². The Hall–Kier alpha value is -2.35. The number of hydrogen-bond donors (Lipinski definition) is 0. The van der Waals surface area contributed by atoms with Gasteiger partial charge in [0.25, 0.3) is 0 Å². The van der Waals surface area contributed by atoms with E-state index in [1.165, 1.54) is 12.1 Å². The SMILES string of the molecule is CCC(C)c1ccc(/C(=N\OS(=O)(=O)c2c(C(C)C)cc(C(C)C)cc2C(C)C)C(F)(F)F)cc1. The van der Waals surface area contributed by atoms with Gasteiger partial charge in [-0.1, -0.05) is 96.9 Å². The number of oxime groups is 1. The Morgan fingerprint density at radius 1 is 0.857 bits per heavy atom. The molecule has 0 N–H and O–H groups in total. The number of rotatable bonds is 9. The van der Waals surface area contributed by atoms with Crippen molar-refractivity contribution in [1.82, 2.24) is 0 Å². The predicted octanol–water partition coefficient (Wildman–Crippen LogP) is 8.24. The van der Waals surface area contributed by atoms with E-state index in [2.05, 4.69) is 5.16 Å². The van der Waals surface area contributed by atoms with Crippen LogP contribution in [0, 0.1) is 0 Å². The van der Waals surface area contributed by atoms with E-state index in [0.717, 1.165) is 17.5 Å². The van der Waals surface area contributed by atoms with Crippen LogP contribution in [0.5, 0.6) is 0 Å². The third kappa shape index (κ3) is 6.87. The summed E-state index contributed by atoms with van der Waals surface area (Å²) in [6.07, 6.45) is -4.07. The van der Waals surface area contributed by atoms with E-state index in [-0.39, 0.29) is 34.1 Å². The van der Waals surface area contributed by atoms with Gasteiger partial charge in [0.15, 0.2) is 5.71 Å². The van der Waals surface area contributed by atoms with E-state index in [1.807, 2.05) is 55.4 Å². The van der Waals surface area contributed by atoms with E-state index < -0.39 is 22.0 Å². The Morgan fingerprint density at radius 2 is 1.34 bits per heavy atom. The molecule has 0 bridgehead atoms. The van der Waals surface area contributed by atoms with Crippen molar-refractivity contribution in [1.29, 1.82) is 0 Å². The molecule has 0 fully saturated rings. The van der Waals surface area contributed by atoms with Crippen LogP contribution in [-0.4, -0.2) is 20.3 Å². The summed E-state index contributed by atoms with van der Waals surface area (Å²) < 4.78 is 73.0. The van der Waals surface area contributed by atoms with Crippen LogP contribution in [0.2, 0.25) is 0 Å². The monoisotopic (exact) mass is 511 g/mol. The van der Waals surface area contributed by atoms with E-state index in [0.29, 0.717) is 11.1 Å². The van der Waals surface area contributed by atoms with Gasteiger partial charge in [-0.2, -0.15) is 21.6 Å². The molecule has 0 aliphatic heterocycles. The van der Waals surface area contributed by atoms with Gasteiger partial charge in [0.2, 0.25) is 0 Å². The Bertz CT molecular complexity index is 1120. The molecule has 0 radical (unpaired) electrons. The zero-order valence-corrected chi connectivity index (χ0v) is 22.5. The normalized spacial score (nSPS) is 14.2. The second-order valence-electron chi connectivity index (χ2n) is 9.89. The molecule has 2 rings (SSSR count). The van der Waals surface area contributed by atoms with Crippen LogP contribution >= 0.6 is 0 Å². The van der Waals surface area contributed by atoms with Gasteiger partial charge in [-0.05, 0) is 52.3 Å². The number of hydrogen-bond acceptors (Lipinski definition) is 4. The summed E-state index contributed by atoms with van der Waals surface area (Å²) in [5.41, 5.74) is 1.19. The Morgan fingerprint density at radius 3 is 1.71 bits per heavy atom. The highest BCUT2D eigenvalue weighted by atomic mass is 32.2. The Kier molecular flexibility index (Phi) is 9.20. The smallest absolute Gasteiger partial charge is 0.264 e. The Labute approximate surface area is 207 Å². The van der Waals surface area contributed by atoms with Crippen molar-refractivity contribution in [2.24, 2.45) is 5.16 Å². The quantitative estimate of drug-likeness (QED) is 0.252. The van der Waals surface area contributed by atoms with Gasteiger partial charge in [0.05, 0.1) is 0 Å². The molecule has 1 unspecified atom stereocenters. The van der Waals surface area contributed by atoms with Crippen molar-refractivity contribution in [3.63, 3.8) is 0 Å². The first-order valence-electron chi connectivity index (χ1n) is 12.0. The first-order chi connectivity index (χ1) is 16.1. The maximum Gasteiger partial charge on any atom is 0.437 e. The first-order valence-corrected chi connectivity index (χ1v) is 13.4. The molecule has 0 spiro atoms. The van der Waals surface area contributed by atoms with Crippen molar-refractivity contribution >= 4 is 15.8 Å². The van der Waals surface area contributed by atoms with Gasteiger partial charge in [-0.25, -0.2) is 0 Å². The van der Waals surface area contributed by atoms with Crippen molar-refractivity contribution in [3.8, 4) is 0 Å². The maximum absolute atomic E-state index is 13.9. The van der Waals surface area contributed by atoms with Crippen molar-refractivity contribution in [2.45, 2.75) is 96.6 Å². The van der Waals surface area contributed by atoms with Gasteiger partial charge in [0.1, 0.15) is 4.90 Å². The highest BCUT2D eigenvalue weighted by Crippen LogP contribution is 2.36. The second kappa shape index (κ2) is 11.1. The maximum atomic E-state index is 13.9. The fourth-order valence-electron chi connectivity index (χ4n) is 3.78. The average Bonchev–Trinajstić information content (AvgIpc) is 2.76. The molecule has 0 saturated heterocycles. The molecule has 8 heteroatoms. The van der Waals surface area contributed by atoms with E-state index in [4.69, 9.17) is 4.28 Å².